The lowest BCUT2D eigenvalue weighted by molar-refractivity contribution is 0.0958. The zero-order chi connectivity index (χ0) is 19.3. The van der Waals surface area contributed by atoms with Crippen LogP contribution in [0, 0.1) is 0 Å². The highest BCUT2D eigenvalue weighted by Crippen LogP contribution is 2.28. The second-order valence-electron chi connectivity index (χ2n) is 6.15. The Hall–Kier alpha value is -2.55. The molecular weight excluding hydrogens is 364 g/mol. The summed E-state index contributed by atoms with van der Waals surface area (Å²) in [6.45, 7) is 5.28. The molecule has 3 rings (SSSR count). The number of pyridine rings is 1. The van der Waals surface area contributed by atoms with Gasteiger partial charge >= 0.3 is 0 Å². The van der Waals surface area contributed by atoms with Crippen LogP contribution in [0.3, 0.4) is 0 Å². The summed E-state index contributed by atoms with van der Waals surface area (Å²) in [5.74, 6) is -0.337. The third-order valence-electron chi connectivity index (χ3n) is 4.37. The molecule has 1 atom stereocenters. The number of nitrogens with one attached hydrogen (secondary N) is 2. The normalized spacial score (nSPS) is 18.0. The Morgan fingerprint density at radius 2 is 2.22 bits per heavy atom. The highest BCUT2D eigenvalue weighted by Gasteiger charge is 2.34. The van der Waals surface area contributed by atoms with Crippen LogP contribution < -0.4 is 10.6 Å². The molecule has 1 aromatic carbocycles. The maximum atomic E-state index is 13.3. The molecule has 0 radical (unpaired) electrons. The Kier molecular flexibility index (Phi) is 6.00. The van der Waals surface area contributed by atoms with E-state index in [0.29, 0.717) is 31.7 Å². The van der Waals surface area contributed by atoms with Crippen LogP contribution in [-0.4, -0.2) is 49.8 Å². The van der Waals surface area contributed by atoms with Gasteiger partial charge in [0.2, 0.25) is 10.0 Å². The number of carbonyl (C=O) groups is 1. The number of hydrogen-bond acceptors (Lipinski definition) is 5. The number of carbonyl (C=O) groups excluding carboxylic acids is 1. The summed E-state index contributed by atoms with van der Waals surface area (Å²) in [4.78, 5) is 16.4. The van der Waals surface area contributed by atoms with E-state index in [2.05, 4.69) is 22.2 Å². The fourth-order valence-electron chi connectivity index (χ4n) is 3.03. The Morgan fingerprint density at radius 3 is 2.96 bits per heavy atom. The number of hydrogen-bond donors (Lipinski definition) is 2. The van der Waals surface area contributed by atoms with Crippen molar-refractivity contribution in [1.82, 2.24) is 19.9 Å². The van der Waals surface area contributed by atoms with Crippen LogP contribution in [0.25, 0.3) is 0 Å². The number of piperazine rings is 1. The lowest BCUT2D eigenvalue weighted by Gasteiger charge is -2.35. The fourth-order valence-corrected chi connectivity index (χ4v) is 4.69. The quantitative estimate of drug-likeness (QED) is 0.731. The standard InChI is InChI=1S/C19H22N4O3S/c1-2-8-22-19(24)15-5-3-7-17(12-15)27(25,26)23-11-10-21-14-18(23)16-6-4-9-20-13-16/h2-7,9,12-13,18,21H,1,8,10-11,14H2,(H,22,24). The van der Waals surface area contributed by atoms with Crippen molar-refractivity contribution < 1.29 is 13.2 Å². The van der Waals surface area contributed by atoms with Crippen LogP contribution in [-0.2, 0) is 10.0 Å². The van der Waals surface area contributed by atoms with Gasteiger partial charge in [-0.1, -0.05) is 18.2 Å². The average molecular weight is 386 g/mol. The zero-order valence-corrected chi connectivity index (χ0v) is 15.7. The van der Waals surface area contributed by atoms with Gasteiger partial charge in [-0.2, -0.15) is 4.31 Å². The summed E-state index contributed by atoms with van der Waals surface area (Å²) >= 11 is 0. The average Bonchev–Trinajstić information content (AvgIpc) is 2.72. The second kappa shape index (κ2) is 8.43. The predicted octanol–water partition coefficient (Wildman–Crippen LogP) is 1.33. The molecule has 2 heterocycles. The number of nitrogens with zero attached hydrogens (tertiary/aromatic N) is 2. The number of sulfonamides is 1. The third kappa shape index (κ3) is 4.24. The molecule has 1 saturated heterocycles. The number of rotatable bonds is 6. The molecule has 1 aliphatic rings. The first-order chi connectivity index (χ1) is 13.0. The molecule has 0 bridgehead atoms. The van der Waals surface area contributed by atoms with Crippen LogP contribution in [0.15, 0.2) is 66.3 Å². The molecule has 0 aliphatic carbocycles. The maximum absolute atomic E-state index is 13.3. The van der Waals surface area contributed by atoms with Gasteiger partial charge in [-0.25, -0.2) is 8.42 Å². The van der Waals surface area contributed by atoms with E-state index in [-0.39, 0.29) is 16.8 Å². The van der Waals surface area contributed by atoms with Gasteiger partial charge < -0.3 is 10.6 Å². The smallest absolute Gasteiger partial charge is 0.251 e. The molecule has 1 aromatic heterocycles. The highest BCUT2D eigenvalue weighted by atomic mass is 32.2. The molecule has 1 amide bonds. The zero-order valence-electron chi connectivity index (χ0n) is 14.8. The molecule has 7 nitrogen and oxygen atoms in total. The summed E-state index contributed by atoms with van der Waals surface area (Å²) in [6, 6.07) is 9.41. The summed E-state index contributed by atoms with van der Waals surface area (Å²) in [5, 5.41) is 5.89. The van der Waals surface area contributed by atoms with Crippen molar-refractivity contribution in [3.8, 4) is 0 Å². The number of amides is 1. The van der Waals surface area contributed by atoms with Gasteiger partial charge in [-0.15, -0.1) is 6.58 Å². The van der Waals surface area contributed by atoms with E-state index in [9.17, 15) is 13.2 Å². The van der Waals surface area contributed by atoms with E-state index in [0.717, 1.165) is 5.56 Å². The number of benzene rings is 1. The number of aromatic nitrogens is 1. The summed E-state index contributed by atoms with van der Waals surface area (Å²) in [7, 11) is -3.77. The topological polar surface area (TPSA) is 91.4 Å². The molecule has 0 spiro atoms. The molecular formula is C19H22N4O3S. The minimum atomic E-state index is -3.77. The van der Waals surface area contributed by atoms with E-state index >= 15 is 0 Å². The molecule has 1 fully saturated rings. The minimum Gasteiger partial charge on any atom is -0.349 e. The summed E-state index contributed by atoms with van der Waals surface area (Å²) in [6.07, 6.45) is 4.90. The monoisotopic (exact) mass is 386 g/mol. The van der Waals surface area contributed by atoms with E-state index in [4.69, 9.17) is 0 Å². The molecule has 1 unspecified atom stereocenters. The van der Waals surface area contributed by atoms with Gasteiger partial charge in [-0.3, -0.25) is 9.78 Å². The fraction of sp³-hybridized carbons (Fsp3) is 0.263. The van der Waals surface area contributed by atoms with Gasteiger partial charge in [-0.05, 0) is 29.8 Å². The van der Waals surface area contributed by atoms with Gasteiger partial charge in [0.25, 0.3) is 5.91 Å². The van der Waals surface area contributed by atoms with Crippen LogP contribution in [0.2, 0.25) is 0 Å². The first-order valence-corrected chi connectivity index (χ1v) is 10.1. The molecule has 2 N–H and O–H groups in total. The van der Waals surface area contributed by atoms with Crippen LogP contribution in [0.5, 0.6) is 0 Å². The molecule has 2 aromatic rings. The van der Waals surface area contributed by atoms with Crippen molar-refractivity contribution in [3.05, 3.63) is 72.6 Å². The largest absolute Gasteiger partial charge is 0.349 e. The Balaban J connectivity index is 1.92. The van der Waals surface area contributed by atoms with Crippen molar-refractivity contribution in [1.29, 1.82) is 0 Å². The van der Waals surface area contributed by atoms with Crippen LogP contribution in [0.1, 0.15) is 22.0 Å². The van der Waals surface area contributed by atoms with Gasteiger partial charge in [0, 0.05) is 44.1 Å². The highest BCUT2D eigenvalue weighted by molar-refractivity contribution is 7.89. The van der Waals surface area contributed by atoms with E-state index in [1.54, 1.807) is 36.7 Å². The second-order valence-corrected chi connectivity index (χ2v) is 8.04. The Labute approximate surface area is 159 Å². The first kappa shape index (κ1) is 19.2. The SMILES string of the molecule is C=CCNC(=O)c1cccc(S(=O)(=O)N2CCNCC2c2cccnc2)c1. The van der Waals surface area contributed by atoms with E-state index in [1.807, 2.05) is 6.07 Å². The van der Waals surface area contributed by atoms with Crippen molar-refractivity contribution in [2.24, 2.45) is 0 Å². The van der Waals surface area contributed by atoms with Gasteiger partial charge in [0.05, 0.1) is 10.9 Å². The lowest BCUT2D eigenvalue weighted by atomic mass is 10.1. The van der Waals surface area contributed by atoms with Gasteiger partial charge in [0.15, 0.2) is 0 Å². The molecule has 0 saturated carbocycles. The van der Waals surface area contributed by atoms with E-state index in [1.165, 1.54) is 16.4 Å². The molecule has 8 heteroatoms. The van der Waals surface area contributed by atoms with Crippen molar-refractivity contribution >= 4 is 15.9 Å². The van der Waals surface area contributed by atoms with E-state index < -0.39 is 10.0 Å². The predicted molar refractivity (Wildman–Crippen MR) is 103 cm³/mol. The van der Waals surface area contributed by atoms with Crippen molar-refractivity contribution in [3.63, 3.8) is 0 Å². The van der Waals surface area contributed by atoms with Crippen molar-refractivity contribution in [2.45, 2.75) is 10.9 Å². The van der Waals surface area contributed by atoms with Crippen LogP contribution in [0.4, 0.5) is 0 Å². The molecule has 27 heavy (non-hydrogen) atoms. The Bertz CT molecular complexity index is 916. The summed E-state index contributed by atoms with van der Waals surface area (Å²) in [5.41, 5.74) is 1.12. The molecule has 1 aliphatic heterocycles. The minimum absolute atomic E-state index is 0.101. The lowest BCUT2D eigenvalue weighted by Crippen LogP contribution is -2.48. The molecule has 142 valence electrons. The Morgan fingerprint density at radius 1 is 1.37 bits per heavy atom. The maximum Gasteiger partial charge on any atom is 0.251 e. The van der Waals surface area contributed by atoms with Crippen molar-refractivity contribution in [2.75, 3.05) is 26.2 Å². The summed E-state index contributed by atoms with van der Waals surface area (Å²) < 4.78 is 28.1. The first-order valence-electron chi connectivity index (χ1n) is 8.65. The third-order valence-corrected chi connectivity index (χ3v) is 6.28. The van der Waals surface area contributed by atoms with Crippen LogP contribution >= 0.6 is 0 Å². The van der Waals surface area contributed by atoms with Gasteiger partial charge in [0.1, 0.15) is 0 Å².